The van der Waals surface area contributed by atoms with Crippen LogP contribution in [-0.2, 0) is 16.1 Å². The topological polar surface area (TPSA) is 89.5 Å². The molecule has 154 valence electrons. The largest absolute Gasteiger partial charge is 0.465 e. The fraction of sp³-hybridized carbons (Fsp3) is 0.0870. The zero-order valence-corrected chi connectivity index (χ0v) is 17.3. The molecule has 2 heterocycles. The van der Waals surface area contributed by atoms with Crippen molar-refractivity contribution in [3.8, 4) is 11.4 Å². The molecule has 3 aromatic rings. The van der Waals surface area contributed by atoms with E-state index in [0.717, 1.165) is 22.9 Å². The quantitative estimate of drug-likeness (QED) is 0.442. The molecule has 0 aliphatic carbocycles. The minimum absolute atomic E-state index is 0.118. The number of nitrogens with zero attached hydrogens (tertiary/aromatic N) is 3. The van der Waals surface area contributed by atoms with Crippen LogP contribution in [0.25, 0.3) is 17.5 Å². The van der Waals surface area contributed by atoms with Crippen molar-refractivity contribution in [2.45, 2.75) is 6.54 Å². The number of amides is 2. The van der Waals surface area contributed by atoms with Crippen molar-refractivity contribution in [2.75, 3.05) is 7.11 Å². The zero-order valence-electron chi connectivity index (χ0n) is 16.5. The lowest BCUT2D eigenvalue weighted by molar-refractivity contribution is -0.123. The number of imide groups is 1. The number of methoxy groups -OCH3 is 1. The van der Waals surface area contributed by atoms with Gasteiger partial charge in [-0.3, -0.25) is 14.5 Å². The van der Waals surface area contributed by atoms with E-state index >= 15 is 0 Å². The Bertz CT molecular complexity index is 1160. The number of hydrogen-bond acceptors (Lipinski definition) is 7. The highest BCUT2D eigenvalue weighted by Gasteiger charge is 2.35. The minimum Gasteiger partial charge on any atom is -0.465 e. The number of thioether (sulfide) groups is 1. The maximum absolute atomic E-state index is 12.7. The van der Waals surface area contributed by atoms with Gasteiger partial charge >= 0.3 is 5.97 Å². The fourth-order valence-electron chi connectivity index (χ4n) is 2.98. The SMILES string of the molecule is COC(=O)c1ccc(CN2C(=O)SC(=Cc3cnc(-c4ccccc4)nc3)C2=O)cc1. The van der Waals surface area contributed by atoms with Gasteiger partial charge in [0.25, 0.3) is 11.1 Å². The van der Waals surface area contributed by atoms with Crippen molar-refractivity contribution in [1.82, 2.24) is 14.9 Å². The Kier molecular flexibility index (Phi) is 5.90. The molecule has 0 unspecified atom stereocenters. The first-order valence-corrected chi connectivity index (χ1v) is 10.2. The van der Waals surface area contributed by atoms with E-state index in [1.54, 1.807) is 42.7 Å². The number of rotatable bonds is 5. The normalized spacial score (nSPS) is 14.9. The third-order valence-corrected chi connectivity index (χ3v) is 5.50. The number of hydrogen-bond donors (Lipinski definition) is 0. The van der Waals surface area contributed by atoms with Crippen LogP contribution in [0.15, 0.2) is 71.9 Å². The summed E-state index contributed by atoms with van der Waals surface area (Å²) in [5, 5.41) is -0.352. The van der Waals surface area contributed by atoms with Gasteiger partial charge in [-0.25, -0.2) is 14.8 Å². The van der Waals surface area contributed by atoms with E-state index in [0.29, 0.717) is 21.9 Å². The molecule has 0 atom stereocenters. The van der Waals surface area contributed by atoms with Crippen molar-refractivity contribution >= 4 is 35.0 Å². The summed E-state index contributed by atoms with van der Waals surface area (Å²) in [5.74, 6) is -0.235. The smallest absolute Gasteiger partial charge is 0.337 e. The summed E-state index contributed by atoms with van der Waals surface area (Å²) in [6.45, 7) is 0.118. The molecule has 1 aromatic heterocycles. The number of aromatic nitrogens is 2. The Morgan fingerprint density at radius 2 is 1.71 bits per heavy atom. The molecule has 8 heteroatoms. The van der Waals surface area contributed by atoms with E-state index in [2.05, 4.69) is 14.7 Å². The molecule has 1 aliphatic heterocycles. The third-order valence-electron chi connectivity index (χ3n) is 4.59. The van der Waals surface area contributed by atoms with E-state index < -0.39 is 5.97 Å². The molecule has 0 bridgehead atoms. The standard InChI is InChI=1S/C23H17N3O4S/c1-30-22(28)18-9-7-15(8-10-18)14-26-21(27)19(31-23(26)29)11-16-12-24-20(25-13-16)17-5-3-2-4-6-17/h2-13H,14H2,1H3. The maximum Gasteiger partial charge on any atom is 0.337 e. The molecule has 0 radical (unpaired) electrons. The van der Waals surface area contributed by atoms with Crippen LogP contribution in [0.3, 0.4) is 0 Å². The first kappa shape index (κ1) is 20.5. The minimum atomic E-state index is -0.443. The van der Waals surface area contributed by atoms with E-state index in [4.69, 9.17) is 0 Å². The van der Waals surface area contributed by atoms with Crippen molar-refractivity contribution in [2.24, 2.45) is 0 Å². The summed E-state index contributed by atoms with van der Waals surface area (Å²) in [6.07, 6.45) is 4.85. The molecule has 7 nitrogen and oxygen atoms in total. The maximum atomic E-state index is 12.7. The lowest BCUT2D eigenvalue weighted by Crippen LogP contribution is -2.27. The van der Waals surface area contributed by atoms with Gasteiger partial charge in [0.15, 0.2) is 5.82 Å². The van der Waals surface area contributed by atoms with Crippen LogP contribution < -0.4 is 0 Å². The van der Waals surface area contributed by atoms with Crippen LogP contribution >= 0.6 is 11.8 Å². The van der Waals surface area contributed by atoms with E-state index in [9.17, 15) is 14.4 Å². The zero-order chi connectivity index (χ0) is 21.8. The molecule has 0 saturated carbocycles. The molecular weight excluding hydrogens is 414 g/mol. The molecular formula is C23H17N3O4S. The van der Waals surface area contributed by atoms with Crippen molar-refractivity contribution in [3.63, 3.8) is 0 Å². The van der Waals surface area contributed by atoms with Gasteiger partial charge in [-0.2, -0.15) is 0 Å². The summed E-state index contributed by atoms with van der Waals surface area (Å²) in [4.78, 5) is 46.8. The average Bonchev–Trinajstić information content (AvgIpc) is 3.07. The lowest BCUT2D eigenvalue weighted by Gasteiger charge is -2.12. The summed E-state index contributed by atoms with van der Waals surface area (Å²) in [7, 11) is 1.31. The lowest BCUT2D eigenvalue weighted by atomic mass is 10.1. The highest BCUT2D eigenvalue weighted by atomic mass is 32.2. The predicted octanol–water partition coefficient (Wildman–Crippen LogP) is 4.17. The van der Waals surface area contributed by atoms with Gasteiger partial charge in [-0.05, 0) is 35.5 Å². The van der Waals surface area contributed by atoms with Crippen LogP contribution in [0, 0.1) is 0 Å². The van der Waals surface area contributed by atoms with Crippen molar-refractivity contribution < 1.29 is 19.1 Å². The van der Waals surface area contributed by atoms with Crippen LogP contribution in [0.4, 0.5) is 4.79 Å². The molecule has 4 rings (SSSR count). The predicted molar refractivity (Wildman–Crippen MR) is 117 cm³/mol. The number of carbonyl (C=O) groups is 3. The highest BCUT2D eigenvalue weighted by Crippen LogP contribution is 2.33. The summed E-state index contributed by atoms with van der Waals surface area (Å²) in [5.41, 5.74) is 2.66. The van der Waals surface area contributed by atoms with E-state index in [1.165, 1.54) is 12.0 Å². The second-order valence-corrected chi connectivity index (χ2v) is 7.66. The van der Waals surface area contributed by atoms with Crippen LogP contribution in [-0.4, -0.2) is 39.1 Å². The van der Waals surface area contributed by atoms with Crippen LogP contribution in [0.1, 0.15) is 21.5 Å². The Hall–Kier alpha value is -3.78. The van der Waals surface area contributed by atoms with Gasteiger partial charge < -0.3 is 4.74 Å². The second kappa shape index (κ2) is 8.93. The third kappa shape index (κ3) is 4.54. The van der Waals surface area contributed by atoms with Crippen molar-refractivity contribution in [1.29, 1.82) is 0 Å². The fourth-order valence-corrected chi connectivity index (χ4v) is 3.82. The van der Waals surface area contributed by atoms with Crippen LogP contribution in [0.2, 0.25) is 0 Å². The summed E-state index contributed by atoms with van der Waals surface area (Å²) < 4.78 is 4.67. The van der Waals surface area contributed by atoms with Gasteiger partial charge in [0.05, 0.1) is 24.1 Å². The second-order valence-electron chi connectivity index (χ2n) is 6.66. The monoisotopic (exact) mass is 431 g/mol. The van der Waals surface area contributed by atoms with E-state index in [1.807, 2.05) is 30.3 Å². The molecule has 1 saturated heterocycles. The number of esters is 1. The van der Waals surface area contributed by atoms with E-state index in [-0.39, 0.29) is 17.7 Å². The number of ether oxygens (including phenoxy) is 1. The Balaban J connectivity index is 1.47. The summed E-state index contributed by atoms with van der Waals surface area (Å²) >= 11 is 0.877. The molecule has 2 amide bonds. The number of carbonyl (C=O) groups excluding carboxylic acids is 3. The highest BCUT2D eigenvalue weighted by molar-refractivity contribution is 8.18. The number of benzene rings is 2. The molecule has 31 heavy (non-hydrogen) atoms. The molecule has 1 fully saturated rings. The average molecular weight is 431 g/mol. The van der Waals surface area contributed by atoms with Crippen LogP contribution in [0.5, 0.6) is 0 Å². The van der Waals surface area contributed by atoms with Gasteiger partial charge in [0.2, 0.25) is 0 Å². The molecule has 0 spiro atoms. The summed E-state index contributed by atoms with van der Waals surface area (Å²) in [6, 6.07) is 16.1. The molecule has 2 aromatic carbocycles. The molecule has 1 aliphatic rings. The first-order valence-electron chi connectivity index (χ1n) is 9.35. The molecule has 0 N–H and O–H groups in total. The van der Waals surface area contributed by atoms with Gasteiger partial charge in [0.1, 0.15) is 0 Å². The first-order chi connectivity index (χ1) is 15.0. The Morgan fingerprint density at radius 3 is 2.35 bits per heavy atom. The Labute approximate surface area is 182 Å². The van der Waals surface area contributed by atoms with Gasteiger partial charge in [-0.1, -0.05) is 42.5 Å². The van der Waals surface area contributed by atoms with Gasteiger partial charge in [-0.15, -0.1) is 0 Å². The Morgan fingerprint density at radius 1 is 1.03 bits per heavy atom. The van der Waals surface area contributed by atoms with Crippen molar-refractivity contribution in [3.05, 3.63) is 88.6 Å². The van der Waals surface area contributed by atoms with Gasteiger partial charge in [0, 0.05) is 23.5 Å².